The zero-order chi connectivity index (χ0) is 17.5. The van der Waals surface area contributed by atoms with Crippen molar-refractivity contribution < 1.29 is 13.2 Å². The smallest absolute Gasteiger partial charge is 0.298 e. The lowest BCUT2D eigenvalue weighted by Crippen LogP contribution is -2.36. The molecule has 0 amide bonds. The van der Waals surface area contributed by atoms with Gasteiger partial charge in [-0.3, -0.25) is 13.8 Å². The number of aryl methyl sites for hydroxylation is 2. The SMILES string of the molecule is Cc1nc2c(=O)n(C(Cc3ccccc3)C(F)(F)F)ccn2c1C. The molecular weight excluding hydrogens is 319 g/mol. The quantitative estimate of drug-likeness (QED) is 0.735. The molecule has 126 valence electrons. The fourth-order valence-corrected chi connectivity index (χ4v) is 2.74. The lowest BCUT2D eigenvalue weighted by atomic mass is 10.1. The molecule has 0 bridgehead atoms. The Balaban J connectivity index is 2.13. The summed E-state index contributed by atoms with van der Waals surface area (Å²) in [5, 5.41) is 0. The maximum atomic E-state index is 13.6. The molecule has 0 fully saturated rings. The summed E-state index contributed by atoms with van der Waals surface area (Å²) >= 11 is 0. The van der Waals surface area contributed by atoms with Gasteiger partial charge in [0, 0.05) is 24.5 Å². The fraction of sp³-hybridized carbons (Fsp3) is 0.294. The second-order valence-electron chi connectivity index (χ2n) is 5.73. The van der Waals surface area contributed by atoms with Gasteiger partial charge in [0.05, 0.1) is 5.69 Å². The van der Waals surface area contributed by atoms with Crippen LogP contribution >= 0.6 is 0 Å². The minimum absolute atomic E-state index is 0.00908. The Labute approximate surface area is 136 Å². The molecule has 0 saturated heterocycles. The maximum Gasteiger partial charge on any atom is 0.409 e. The van der Waals surface area contributed by atoms with Crippen LogP contribution < -0.4 is 5.56 Å². The molecule has 7 heteroatoms. The number of alkyl halides is 3. The van der Waals surface area contributed by atoms with Crippen LogP contribution in [0.5, 0.6) is 0 Å². The van der Waals surface area contributed by atoms with E-state index in [2.05, 4.69) is 4.98 Å². The van der Waals surface area contributed by atoms with Crippen LogP contribution in [0.2, 0.25) is 0 Å². The average molecular weight is 335 g/mol. The van der Waals surface area contributed by atoms with E-state index >= 15 is 0 Å². The van der Waals surface area contributed by atoms with Crippen molar-refractivity contribution in [2.45, 2.75) is 32.5 Å². The summed E-state index contributed by atoms with van der Waals surface area (Å²) < 4.78 is 43.0. The van der Waals surface area contributed by atoms with Gasteiger partial charge in [0.1, 0.15) is 6.04 Å². The summed E-state index contributed by atoms with van der Waals surface area (Å²) in [6, 6.07) is 6.39. The number of nitrogens with zero attached hydrogens (tertiary/aromatic N) is 3. The summed E-state index contributed by atoms with van der Waals surface area (Å²) in [7, 11) is 0. The summed E-state index contributed by atoms with van der Waals surface area (Å²) in [5.41, 5.74) is 1.14. The van der Waals surface area contributed by atoms with Gasteiger partial charge in [-0.15, -0.1) is 0 Å². The Morgan fingerprint density at radius 3 is 2.42 bits per heavy atom. The molecule has 0 spiro atoms. The van der Waals surface area contributed by atoms with E-state index in [1.54, 1.807) is 44.2 Å². The number of hydrogen-bond acceptors (Lipinski definition) is 2. The van der Waals surface area contributed by atoms with Gasteiger partial charge in [0.2, 0.25) is 5.65 Å². The normalized spacial score (nSPS) is 13.4. The van der Waals surface area contributed by atoms with E-state index in [9.17, 15) is 18.0 Å². The summed E-state index contributed by atoms with van der Waals surface area (Å²) in [6.45, 7) is 3.49. The van der Waals surface area contributed by atoms with E-state index in [1.807, 2.05) is 0 Å². The van der Waals surface area contributed by atoms with Crippen molar-refractivity contribution in [1.82, 2.24) is 14.0 Å². The monoisotopic (exact) mass is 335 g/mol. The zero-order valence-corrected chi connectivity index (χ0v) is 13.2. The highest BCUT2D eigenvalue weighted by atomic mass is 19.4. The summed E-state index contributed by atoms with van der Waals surface area (Å²) in [5.74, 6) is 0. The van der Waals surface area contributed by atoms with E-state index in [-0.39, 0.29) is 12.1 Å². The Kier molecular flexibility index (Phi) is 3.95. The molecule has 1 aromatic carbocycles. The largest absolute Gasteiger partial charge is 0.409 e. The molecule has 1 unspecified atom stereocenters. The van der Waals surface area contributed by atoms with Crippen LogP contribution in [-0.2, 0) is 6.42 Å². The molecule has 0 saturated carbocycles. The standard InChI is InChI=1S/C17H16F3N3O/c1-11-12(2)22-8-9-23(16(24)15(22)21-11)14(17(18,19)20)10-13-6-4-3-5-7-13/h3-9,14H,10H2,1-2H3. The second kappa shape index (κ2) is 5.81. The molecule has 2 heterocycles. The van der Waals surface area contributed by atoms with Crippen molar-refractivity contribution in [1.29, 1.82) is 0 Å². The summed E-state index contributed by atoms with van der Waals surface area (Å²) in [6.07, 6.45) is -2.21. The Morgan fingerprint density at radius 2 is 1.79 bits per heavy atom. The molecule has 0 aliphatic heterocycles. The van der Waals surface area contributed by atoms with E-state index in [0.717, 1.165) is 10.3 Å². The van der Waals surface area contributed by atoms with Crippen LogP contribution in [0.25, 0.3) is 5.65 Å². The van der Waals surface area contributed by atoms with Gasteiger partial charge < -0.3 is 0 Å². The minimum atomic E-state index is -4.55. The lowest BCUT2D eigenvalue weighted by Gasteiger charge is -2.23. The van der Waals surface area contributed by atoms with Crippen LogP contribution in [0.4, 0.5) is 13.2 Å². The van der Waals surface area contributed by atoms with Crippen LogP contribution in [-0.4, -0.2) is 20.1 Å². The highest BCUT2D eigenvalue weighted by Crippen LogP contribution is 2.32. The number of fused-ring (bicyclic) bond motifs is 1. The van der Waals surface area contributed by atoms with Crippen molar-refractivity contribution in [3.05, 3.63) is 70.0 Å². The Morgan fingerprint density at radius 1 is 1.12 bits per heavy atom. The first kappa shape index (κ1) is 16.3. The Bertz CT molecular complexity index is 926. The van der Waals surface area contributed by atoms with Crippen molar-refractivity contribution in [2.24, 2.45) is 0 Å². The minimum Gasteiger partial charge on any atom is -0.298 e. The number of aromatic nitrogens is 3. The van der Waals surface area contributed by atoms with Crippen molar-refractivity contribution in [3.8, 4) is 0 Å². The highest BCUT2D eigenvalue weighted by molar-refractivity contribution is 5.40. The van der Waals surface area contributed by atoms with Crippen LogP contribution in [0.1, 0.15) is 23.0 Å². The van der Waals surface area contributed by atoms with Crippen LogP contribution in [0.15, 0.2) is 47.5 Å². The molecule has 0 aliphatic carbocycles. The number of rotatable bonds is 3. The number of imidazole rings is 1. The van der Waals surface area contributed by atoms with Crippen LogP contribution in [0, 0.1) is 13.8 Å². The molecule has 4 nitrogen and oxygen atoms in total. The molecule has 24 heavy (non-hydrogen) atoms. The predicted molar refractivity (Wildman–Crippen MR) is 84.2 cm³/mol. The van der Waals surface area contributed by atoms with E-state index in [0.29, 0.717) is 11.3 Å². The molecule has 0 radical (unpaired) electrons. The van der Waals surface area contributed by atoms with Gasteiger partial charge >= 0.3 is 6.18 Å². The molecular formula is C17H16F3N3O. The number of hydrogen-bond donors (Lipinski definition) is 0. The fourth-order valence-electron chi connectivity index (χ4n) is 2.74. The van der Waals surface area contributed by atoms with E-state index in [1.165, 1.54) is 16.8 Å². The molecule has 2 aromatic heterocycles. The third-order valence-corrected chi connectivity index (χ3v) is 4.17. The number of benzene rings is 1. The average Bonchev–Trinajstić information content (AvgIpc) is 2.82. The van der Waals surface area contributed by atoms with Gasteiger partial charge in [-0.05, 0) is 19.4 Å². The molecule has 1 atom stereocenters. The molecule has 3 aromatic rings. The second-order valence-corrected chi connectivity index (χ2v) is 5.73. The summed E-state index contributed by atoms with van der Waals surface area (Å²) in [4.78, 5) is 16.7. The van der Waals surface area contributed by atoms with Crippen molar-refractivity contribution in [3.63, 3.8) is 0 Å². The maximum absolute atomic E-state index is 13.6. The topological polar surface area (TPSA) is 39.3 Å². The third kappa shape index (κ3) is 2.81. The predicted octanol–water partition coefficient (Wildman–Crippen LogP) is 3.46. The molecule has 0 N–H and O–H groups in total. The van der Waals surface area contributed by atoms with Gasteiger partial charge in [-0.2, -0.15) is 13.2 Å². The van der Waals surface area contributed by atoms with Crippen molar-refractivity contribution in [2.75, 3.05) is 0 Å². The molecule has 3 rings (SSSR count). The highest BCUT2D eigenvalue weighted by Gasteiger charge is 2.41. The van der Waals surface area contributed by atoms with E-state index in [4.69, 9.17) is 0 Å². The van der Waals surface area contributed by atoms with Gasteiger partial charge in [0.15, 0.2) is 0 Å². The van der Waals surface area contributed by atoms with E-state index < -0.39 is 17.8 Å². The third-order valence-electron chi connectivity index (χ3n) is 4.17. The lowest BCUT2D eigenvalue weighted by molar-refractivity contribution is -0.168. The van der Waals surface area contributed by atoms with Gasteiger partial charge in [0.25, 0.3) is 5.56 Å². The Hall–Kier alpha value is -2.57. The number of halogens is 3. The first-order valence-electron chi connectivity index (χ1n) is 7.46. The van der Waals surface area contributed by atoms with Gasteiger partial charge in [-0.25, -0.2) is 4.98 Å². The van der Waals surface area contributed by atoms with Crippen LogP contribution in [0.3, 0.4) is 0 Å². The molecule has 0 aliphatic rings. The van der Waals surface area contributed by atoms with Gasteiger partial charge in [-0.1, -0.05) is 30.3 Å². The first-order chi connectivity index (χ1) is 11.3. The zero-order valence-electron chi connectivity index (χ0n) is 13.2. The van der Waals surface area contributed by atoms with Crippen molar-refractivity contribution >= 4 is 5.65 Å². The first-order valence-corrected chi connectivity index (χ1v) is 7.46.